The minimum atomic E-state index is -0.197. The monoisotopic (exact) mass is 201 g/mol. The third-order valence-electron chi connectivity index (χ3n) is 1.97. The van der Waals surface area contributed by atoms with E-state index in [2.05, 4.69) is 26.1 Å². The molecule has 0 saturated heterocycles. The van der Waals surface area contributed by atoms with Gasteiger partial charge in [-0.25, -0.2) is 0 Å². The van der Waals surface area contributed by atoms with Gasteiger partial charge in [0.2, 0.25) is 0 Å². The molecule has 0 aliphatic rings. The van der Waals surface area contributed by atoms with E-state index in [1.54, 1.807) is 0 Å². The van der Waals surface area contributed by atoms with E-state index in [9.17, 15) is 4.79 Å². The van der Waals surface area contributed by atoms with E-state index in [4.69, 9.17) is 4.74 Å². The zero-order chi connectivity index (χ0) is 11.2. The molecule has 0 bridgehead atoms. The van der Waals surface area contributed by atoms with Gasteiger partial charge in [0.1, 0.15) is 6.04 Å². The van der Waals surface area contributed by atoms with Crippen LogP contribution in [0.1, 0.15) is 41.0 Å². The average Bonchev–Trinajstić information content (AvgIpc) is 2.02. The lowest BCUT2D eigenvalue weighted by molar-refractivity contribution is -0.145. The van der Waals surface area contributed by atoms with Gasteiger partial charge >= 0.3 is 5.97 Å². The Kier molecular flexibility index (Phi) is 5.77. The van der Waals surface area contributed by atoms with E-state index in [0.29, 0.717) is 12.0 Å². The van der Waals surface area contributed by atoms with Gasteiger partial charge in [-0.3, -0.25) is 4.79 Å². The van der Waals surface area contributed by atoms with Crippen molar-refractivity contribution in [3.63, 3.8) is 0 Å². The fourth-order valence-electron chi connectivity index (χ4n) is 1.01. The molecule has 14 heavy (non-hydrogen) atoms. The lowest BCUT2D eigenvalue weighted by atomic mass is 9.92. The van der Waals surface area contributed by atoms with Crippen molar-refractivity contribution in [2.24, 2.45) is 5.41 Å². The van der Waals surface area contributed by atoms with Crippen LogP contribution in [0.4, 0.5) is 0 Å². The molecule has 0 aliphatic carbocycles. The predicted octanol–water partition coefficient (Wildman–Crippen LogP) is 1.96. The Morgan fingerprint density at radius 3 is 2.43 bits per heavy atom. The molecule has 0 heterocycles. The number of rotatable bonds is 5. The predicted molar refractivity (Wildman–Crippen MR) is 58.2 cm³/mol. The molecule has 0 saturated carbocycles. The van der Waals surface area contributed by atoms with Crippen molar-refractivity contribution in [3.8, 4) is 0 Å². The second-order valence-corrected chi connectivity index (χ2v) is 4.74. The van der Waals surface area contributed by atoms with Crippen molar-refractivity contribution in [2.45, 2.75) is 47.1 Å². The van der Waals surface area contributed by atoms with E-state index in [1.165, 1.54) is 0 Å². The van der Waals surface area contributed by atoms with Crippen LogP contribution in [0.3, 0.4) is 0 Å². The van der Waals surface area contributed by atoms with Gasteiger partial charge in [-0.05, 0) is 32.2 Å². The summed E-state index contributed by atoms with van der Waals surface area (Å²) in [5.41, 5.74) is 0.307. The van der Waals surface area contributed by atoms with Crippen molar-refractivity contribution in [1.29, 1.82) is 0 Å². The summed E-state index contributed by atoms with van der Waals surface area (Å²) in [7, 11) is 0. The molecule has 1 atom stereocenters. The number of nitrogens with one attached hydrogen (secondary N) is 1. The lowest BCUT2D eigenvalue weighted by Crippen LogP contribution is -2.37. The third kappa shape index (κ3) is 6.89. The van der Waals surface area contributed by atoms with Crippen LogP contribution in [0.15, 0.2) is 0 Å². The first-order valence-corrected chi connectivity index (χ1v) is 5.27. The molecule has 0 aromatic rings. The highest BCUT2D eigenvalue weighted by atomic mass is 16.5. The number of ether oxygens (including phenoxy) is 1. The normalized spacial score (nSPS) is 13.8. The summed E-state index contributed by atoms with van der Waals surface area (Å²) in [6.45, 7) is 11.5. The third-order valence-corrected chi connectivity index (χ3v) is 1.97. The molecular weight excluding hydrogens is 178 g/mol. The lowest BCUT2D eigenvalue weighted by Gasteiger charge is -2.19. The zero-order valence-corrected chi connectivity index (χ0v) is 10.0. The van der Waals surface area contributed by atoms with E-state index in [-0.39, 0.29) is 12.0 Å². The van der Waals surface area contributed by atoms with E-state index < -0.39 is 0 Å². The second kappa shape index (κ2) is 6.02. The summed E-state index contributed by atoms with van der Waals surface area (Å²) < 4.78 is 4.88. The summed E-state index contributed by atoms with van der Waals surface area (Å²) in [4.78, 5) is 11.2. The zero-order valence-electron chi connectivity index (χ0n) is 10.0. The minimum Gasteiger partial charge on any atom is -0.465 e. The number of hydrogen-bond acceptors (Lipinski definition) is 3. The Hall–Kier alpha value is -0.570. The molecule has 3 nitrogen and oxygen atoms in total. The van der Waals surface area contributed by atoms with Gasteiger partial charge in [0.25, 0.3) is 0 Å². The molecule has 1 unspecified atom stereocenters. The fraction of sp³-hybridized carbons (Fsp3) is 0.909. The van der Waals surface area contributed by atoms with Crippen LogP contribution in [0.25, 0.3) is 0 Å². The maximum Gasteiger partial charge on any atom is 0.322 e. The molecule has 0 aromatic heterocycles. The van der Waals surface area contributed by atoms with Crippen molar-refractivity contribution in [1.82, 2.24) is 5.32 Å². The molecule has 0 aromatic carbocycles. The van der Waals surface area contributed by atoms with Gasteiger partial charge in [-0.1, -0.05) is 20.8 Å². The smallest absolute Gasteiger partial charge is 0.322 e. The standard InChI is InChI=1S/C11H23NO2/c1-6-14-10(13)9(2)12-8-7-11(3,4)5/h9,12H,6-8H2,1-5H3. The van der Waals surface area contributed by atoms with Crippen LogP contribution >= 0.6 is 0 Å². The van der Waals surface area contributed by atoms with E-state index in [1.807, 2.05) is 13.8 Å². The highest BCUT2D eigenvalue weighted by Crippen LogP contribution is 2.16. The average molecular weight is 201 g/mol. The van der Waals surface area contributed by atoms with Gasteiger partial charge in [0.15, 0.2) is 0 Å². The van der Waals surface area contributed by atoms with E-state index in [0.717, 1.165) is 13.0 Å². The van der Waals surface area contributed by atoms with Crippen LogP contribution in [-0.2, 0) is 9.53 Å². The SMILES string of the molecule is CCOC(=O)C(C)NCCC(C)(C)C. The van der Waals surface area contributed by atoms with Gasteiger partial charge < -0.3 is 10.1 Å². The highest BCUT2D eigenvalue weighted by Gasteiger charge is 2.15. The van der Waals surface area contributed by atoms with Crippen molar-refractivity contribution in [3.05, 3.63) is 0 Å². The van der Waals surface area contributed by atoms with Crippen LogP contribution in [0.2, 0.25) is 0 Å². The number of carbonyl (C=O) groups is 1. The Bertz CT molecular complexity index is 173. The Morgan fingerprint density at radius 2 is 2.00 bits per heavy atom. The van der Waals surface area contributed by atoms with Crippen molar-refractivity contribution in [2.75, 3.05) is 13.2 Å². The molecule has 0 amide bonds. The minimum absolute atomic E-state index is 0.165. The van der Waals surface area contributed by atoms with Crippen LogP contribution < -0.4 is 5.32 Å². The first-order valence-electron chi connectivity index (χ1n) is 5.27. The molecule has 0 radical (unpaired) electrons. The van der Waals surface area contributed by atoms with Gasteiger partial charge in [0, 0.05) is 0 Å². The van der Waals surface area contributed by atoms with Crippen molar-refractivity contribution >= 4 is 5.97 Å². The summed E-state index contributed by atoms with van der Waals surface area (Å²) in [5.74, 6) is -0.165. The summed E-state index contributed by atoms with van der Waals surface area (Å²) >= 11 is 0. The first-order chi connectivity index (χ1) is 6.37. The summed E-state index contributed by atoms with van der Waals surface area (Å²) in [6.07, 6.45) is 1.05. The molecule has 0 fully saturated rings. The van der Waals surface area contributed by atoms with Crippen LogP contribution in [0.5, 0.6) is 0 Å². The molecule has 84 valence electrons. The Labute approximate surface area is 87.2 Å². The van der Waals surface area contributed by atoms with Crippen molar-refractivity contribution < 1.29 is 9.53 Å². The second-order valence-electron chi connectivity index (χ2n) is 4.74. The number of hydrogen-bond donors (Lipinski definition) is 1. The Balaban J connectivity index is 3.63. The topological polar surface area (TPSA) is 38.3 Å². The molecule has 0 rings (SSSR count). The van der Waals surface area contributed by atoms with E-state index >= 15 is 0 Å². The fourth-order valence-corrected chi connectivity index (χ4v) is 1.01. The molecule has 1 N–H and O–H groups in total. The van der Waals surface area contributed by atoms with Crippen LogP contribution in [0, 0.1) is 5.41 Å². The first kappa shape index (κ1) is 13.4. The molecular formula is C11H23NO2. The van der Waals surface area contributed by atoms with Crippen LogP contribution in [-0.4, -0.2) is 25.2 Å². The largest absolute Gasteiger partial charge is 0.465 e. The summed E-state index contributed by atoms with van der Waals surface area (Å²) in [5, 5.41) is 3.15. The molecule has 3 heteroatoms. The Morgan fingerprint density at radius 1 is 1.43 bits per heavy atom. The maximum atomic E-state index is 11.2. The maximum absolute atomic E-state index is 11.2. The number of carbonyl (C=O) groups excluding carboxylic acids is 1. The van der Waals surface area contributed by atoms with Gasteiger partial charge in [-0.2, -0.15) is 0 Å². The number of esters is 1. The summed E-state index contributed by atoms with van der Waals surface area (Å²) in [6, 6.07) is -0.197. The molecule has 0 spiro atoms. The quantitative estimate of drug-likeness (QED) is 0.691. The van der Waals surface area contributed by atoms with Gasteiger partial charge in [0.05, 0.1) is 6.61 Å². The van der Waals surface area contributed by atoms with Gasteiger partial charge in [-0.15, -0.1) is 0 Å². The molecule has 0 aliphatic heterocycles. The highest BCUT2D eigenvalue weighted by molar-refractivity contribution is 5.75.